The van der Waals surface area contributed by atoms with E-state index in [0.717, 1.165) is 64.5 Å². The van der Waals surface area contributed by atoms with E-state index in [1.54, 1.807) is 11.1 Å². The van der Waals surface area contributed by atoms with Gasteiger partial charge in [0.25, 0.3) is 0 Å². The van der Waals surface area contributed by atoms with E-state index in [4.69, 9.17) is 4.74 Å². The Balaban J connectivity index is 2.74. The topological polar surface area (TPSA) is 49.9 Å². The van der Waals surface area contributed by atoms with Crippen molar-refractivity contribution in [1.82, 2.24) is 9.80 Å². The summed E-state index contributed by atoms with van der Waals surface area (Å²) in [5.74, 6) is 0.944. The molecule has 5 nitrogen and oxygen atoms in total. The highest BCUT2D eigenvalue weighted by Gasteiger charge is 2.25. The fourth-order valence-corrected chi connectivity index (χ4v) is 10.2. The van der Waals surface area contributed by atoms with E-state index in [-0.39, 0.29) is 5.97 Å². The standard InChI is InChI=1S/C61H116N2O3/c1-6-11-16-20-24-26-30-33-41-57(44-39-47-61(65)66-55-37-15-10-5)43-38-45-59-50-54-63(56-59)60(64)49-48-58(42-34-29-25-21-17-12-7-2)46-40-53-62(51-35-31-27-22-18-13-8-3)52-36-32-28-23-19-14-9-4/h41,48,59H,6-40,42-47,49-56H2,1-5H3/b57-41-,58-48+. The molecule has 1 unspecified atom stereocenters. The molecule has 0 aromatic carbocycles. The van der Waals surface area contributed by atoms with Crippen LogP contribution in [0.5, 0.6) is 0 Å². The maximum absolute atomic E-state index is 13.7. The van der Waals surface area contributed by atoms with Gasteiger partial charge in [-0.25, -0.2) is 0 Å². The largest absolute Gasteiger partial charge is 0.466 e. The van der Waals surface area contributed by atoms with Crippen LogP contribution in [0.25, 0.3) is 0 Å². The minimum absolute atomic E-state index is 0.0252. The number of allylic oxidation sites excluding steroid dienone is 3. The van der Waals surface area contributed by atoms with Crippen LogP contribution in [-0.2, 0) is 14.3 Å². The normalized spacial score (nSPS) is 14.6. The number of nitrogens with zero attached hydrogens (tertiary/aromatic N) is 2. The number of carbonyl (C=O) groups excluding carboxylic acids is 2. The van der Waals surface area contributed by atoms with Gasteiger partial charge in [0.05, 0.1) is 6.61 Å². The zero-order valence-corrected chi connectivity index (χ0v) is 45.5. The number of carbonyl (C=O) groups is 2. The molecule has 1 atom stereocenters. The Morgan fingerprint density at radius 1 is 0.470 bits per heavy atom. The predicted molar refractivity (Wildman–Crippen MR) is 291 cm³/mol. The van der Waals surface area contributed by atoms with Gasteiger partial charge in [-0.15, -0.1) is 0 Å². The van der Waals surface area contributed by atoms with Crippen molar-refractivity contribution in [2.24, 2.45) is 5.92 Å². The van der Waals surface area contributed by atoms with Gasteiger partial charge in [0.1, 0.15) is 0 Å². The molecule has 0 aromatic rings. The monoisotopic (exact) mass is 925 g/mol. The quantitative estimate of drug-likeness (QED) is 0.0346. The van der Waals surface area contributed by atoms with E-state index in [0.29, 0.717) is 31.3 Å². The van der Waals surface area contributed by atoms with E-state index < -0.39 is 0 Å². The molecule has 1 heterocycles. The molecule has 0 saturated carbocycles. The van der Waals surface area contributed by atoms with E-state index in [9.17, 15) is 9.59 Å². The highest BCUT2D eigenvalue weighted by molar-refractivity contribution is 5.78. The van der Waals surface area contributed by atoms with Crippen LogP contribution in [0, 0.1) is 5.92 Å². The number of ether oxygens (including phenoxy) is 1. The molecule has 1 saturated heterocycles. The minimum atomic E-state index is -0.0252. The summed E-state index contributed by atoms with van der Waals surface area (Å²) in [7, 11) is 0. The summed E-state index contributed by atoms with van der Waals surface area (Å²) >= 11 is 0. The molecule has 0 aliphatic carbocycles. The Labute approximate surface area is 413 Å². The number of hydrogen-bond acceptors (Lipinski definition) is 4. The van der Waals surface area contributed by atoms with Crippen LogP contribution < -0.4 is 0 Å². The Morgan fingerprint density at radius 3 is 1.48 bits per heavy atom. The molecular formula is C61H116N2O3. The zero-order chi connectivity index (χ0) is 47.8. The van der Waals surface area contributed by atoms with Crippen LogP contribution in [-0.4, -0.2) is 61.0 Å². The molecule has 1 rings (SSSR count). The summed E-state index contributed by atoms with van der Waals surface area (Å²) in [5, 5.41) is 0. The first-order valence-corrected chi connectivity index (χ1v) is 30.0. The Kier molecular flexibility index (Phi) is 45.8. The molecule has 0 bridgehead atoms. The van der Waals surface area contributed by atoms with Crippen molar-refractivity contribution in [1.29, 1.82) is 0 Å². The predicted octanol–water partition coefficient (Wildman–Crippen LogP) is 19.0. The van der Waals surface area contributed by atoms with Crippen LogP contribution in [0.15, 0.2) is 23.3 Å². The van der Waals surface area contributed by atoms with Gasteiger partial charge in [-0.3, -0.25) is 9.59 Å². The van der Waals surface area contributed by atoms with E-state index in [2.05, 4.69) is 56.6 Å². The van der Waals surface area contributed by atoms with Crippen LogP contribution in [0.3, 0.4) is 0 Å². The maximum Gasteiger partial charge on any atom is 0.305 e. The molecular weight excluding hydrogens is 809 g/mol. The molecule has 1 fully saturated rings. The van der Waals surface area contributed by atoms with Gasteiger partial charge >= 0.3 is 5.97 Å². The lowest BCUT2D eigenvalue weighted by Crippen LogP contribution is -2.28. The molecule has 66 heavy (non-hydrogen) atoms. The van der Waals surface area contributed by atoms with Crippen molar-refractivity contribution in [2.45, 2.75) is 311 Å². The lowest BCUT2D eigenvalue weighted by atomic mass is 9.95. The van der Waals surface area contributed by atoms with Gasteiger partial charge in [0, 0.05) is 25.9 Å². The number of unbranched alkanes of at least 4 members (excludes halogenated alkanes) is 27. The third kappa shape index (κ3) is 39.3. The van der Waals surface area contributed by atoms with Gasteiger partial charge in [-0.05, 0) is 122 Å². The Hall–Kier alpha value is -1.62. The third-order valence-corrected chi connectivity index (χ3v) is 14.7. The molecule has 5 heteroatoms. The molecule has 1 amide bonds. The number of amides is 1. The number of hydrogen-bond donors (Lipinski definition) is 0. The van der Waals surface area contributed by atoms with Crippen LogP contribution in [0.1, 0.15) is 311 Å². The van der Waals surface area contributed by atoms with Crippen molar-refractivity contribution in [3.63, 3.8) is 0 Å². The summed E-state index contributed by atoms with van der Waals surface area (Å²) in [5.41, 5.74) is 3.10. The van der Waals surface area contributed by atoms with E-state index >= 15 is 0 Å². The van der Waals surface area contributed by atoms with Crippen LogP contribution in [0.4, 0.5) is 0 Å². The number of esters is 1. The van der Waals surface area contributed by atoms with E-state index in [1.165, 1.54) is 232 Å². The fraction of sp³-hybridized carbons (Fsp3) is 0.902. The molecule has 0 aromatic heterocycles. The van der Waals surface area contributed by atoms with Gasteiger partial charge in [0.2, 0.25) is 5.91 Å². The van der Waals surface area contributed by atoms with Gasteiger partial charge < -0.3 is 14.5 Å². The summed E-state index contributed by atoms with van der Waals surface area (Å²) in [6.45, 7) is 17.6. The fourth-order valence-electron chi connectivity index (χ4n) is 10.2. The third-order valence-electron chi connectivity index (χ3n) is 14.7. The Morgan fingerprint density at radius 2 is 0.909 bits per heavy atom. The molecule has 388 valence electrons. The van der Waals surface area contributed by atoms with Crippen LogP contribution >= 0.6 is 0 Å². The Bertz CT molecular complexity index is 1110. The summed E-state index contributed by atoms with van der Waals surface area (Å²) < 4.78 is 5.51. The number of rotatable bonds is 50. The first-order valence-electron chi connectivity index (χ1n) is 30.0. The molecule has 1 aliphatic heterocycles. The van der Waals surface area contributed by atoms with Crippen molar-refractivity contribution in [3.8, 4) is 0 Å². The lowest BCUT2D eigenvalue weighted by Gasteiger charge is -2.23. The summed E-state index contributed by atoms with van der Waals surface area (Å²) in [6.07, 6.45) is 58.7. The second kappa shape index (κ2) is 48.4. The summed E-state index contributed by atoms with van der Waals surface area (Å²) in [6, 6.07) is 0. The molecule has 0 spiro atoms. The average Bonchev–Trinajstić information content (AvgIpc) is 3.80. The van der Waals surface area contributed by atoms with Crippen molar-refractivity contribution < 1.29 is 14.3 Å². The van der Waals surface area contributed by atoms with Gasteiger partial charge in [0.15, 0.2) is 0 Å². The van der Waals surface area contributed by atoms with Crippen molar-refractivity contribution >= 4 is 11.9 Å². The SMILES string of the molecule is CCCCCCCCC/C=C(\CCCC(=O)OCCCCC)CCCC1CCN(C(=O)C/C=C(\CCCCCCCCC)CCCN(CCCCCCCCC)CCCCCCCCC)C1. The first kappa shape index (κ1) is 62.4. The van der Waals surface area contributed by atoms with Crippen LogP contribution in [0.2, 0.25) is 0 Å². The summed E-state index contributed by atoms with van der Waals surface area (Å²) in [4.78, 5) is 31.1. The smallest absolute Gasteiger partial charge is 0.305 e. The van der Waals surface area contributed by atoms with Gasteiger partial charge in [-0.1, -0.05) is 225 Å². The molecule has 0 radical (unpaired) electrons. The average molecular weight is 926 g/mol. The van der Waals surface area contributed by atoms with Gasteiger partial charge in [-0.2, -0.15) is 0 Å². The number of likely N-dealkylation sites (tertiary alicyclic amines) is 1. The highest BCUT2D eigenvalue weighted by Crippen LogP contribution is 2.26. The second-order valence-corrected chi connectivity index (χ2v) is 21.1. The zero-order valence-electron chi connectivity index (χ0n) is 45.5. The molecule has 1 aliphatic rings. The lowest BCUT2D eigenvalue weighted by molar-refractivity contribution is -0.143. The highest BCUT2D eigenvalue weighted by atomic mass is 16.5. The van der Waals surface area contributed by atoms with Crippen molar-refractivity contribution in [2.75, 3.05) is 39.3 Å². The second-order valence-electron chi connectivity index (χ2n) is 21.1. The van der Waals surface area contributed by atoms with Crippen molar-refractivity contribution in [3.05, 3.63) is 23.3 Å². The molecule has 0 N–H and O–H groups in total. The first-order chi connectivity index (χ1) is 32.5. The minimum Gasteiger partial charge on any atom is -0.466 e. The maximum atomic E-state index is 13.7. The van der Waals surface area contributed by atoms with E-state index in [1.807, 2.05) is 0 Å².